The molecule has 1 amide bonds. The van der Waals surface area contributed by atoms with E-state index in [2.05, 4.69) is 9.88 Å². The number of ketones is 1. The van der Waals surface area contributed by atoms with Crippen molar-refractivity contribution in [2.24, 2.45) is 0 Å². The van der Waals surface area contributed by atoms with Gasteiger partial charge in [0, 0.05) is 44.1 Å². The minimum Gasteiger partial charge on any atom is -0.507 e. The second-order valence-corrected chi connectivity index (χ2v) is 8.34. The highest BCUT2D eigenvalue weighted by Gasteiger charge is 2.46. The van der Waals surface area contributed by atoms with E-state index in [0.717, 1.165) is 19.6 Å². The largest absolute Gasteiger partial charge is 0.507 e. The Labute approximate surface area is 197 Å². The molecule has 1 N–H and O–H groups in total. The van der Waals surface area contributed by atoms with Gasteiger partial charge < -0.3 is 19.5 Å². The van der Waals surface area contributed by atoms with Crippen molar-refractivity contribution >= 4 is 29.1 Å². The van der Waals surface area contributed by atoms with Gasteiger partial charge in [0.05, 0.1) is 37.0 Å². The molecule has 0 aliphatic carbocycles. The number of ether oxygens (including phenoxy) is 2. The van der Waals surface area contributed by atoms with E-state index in [1.807, 2.05) is 0 Å². The summed E-state index contributed by atoms with van der Waals surface area (Å²) in [5, 5.41) is 11.4. The highest BCUT2D eigenvalue weighted by Crippen LogP contribution is 2.40. The minimum absolute atomic E-state index is 0.0283. The zero-order valence-electron chi connectivity index (χ0n) is 18.4. The summed E-state index contributed by atoms with van der Waals surface area (Å²) in [5.74, 6) is -1.19. The Balaban J connectivity index is 1.66. The van der Waals surface area contributed by atoms with Crippen molar-refractivity contribution in [3.8, 4) is 5.75 Å². The normalized spacial score (nSPS) is 20.9. The summed E-state index contributed by atoms with van der Waals surface area (Å²) in [6.45, 7) is 4.27. The van der Waals surface area contributed by atoms with Crippen LogP contribution in [0.4, 0.5) is 0 Å². The lowest BCUT2D eigenvalue weighted by atomic mass is 9.96. The minimum atomic E-state index is -0.732. The summed E-state index contributed by atoms with van der Waals surface area (Å²) in [5.41, 5.74) is 1.02. The Morgan fingerprint density at radius 2 is 2.03 bits per heavy atom. The molecule has 2 aliphatic heterocycles. The number of carbonyl (C=O) groups is 2. The molecule has 9 heteroatoms. The predicted octanol–water partition coefficient (Wildman–Crippen LogP) is 2.89. The Morgan fingerprint density at radius 3 is 2.70 bits per heavy atom. The molecule has 0 unspecified atom stereocenters. The lowest BCUT2D eigenvalue weighted by molar-refractivity contribution is -0.140. The van der Waals surface area contributed by atoms with Gasteiger partial charge in [-0.3, -0.25) is 19.5 Å². The van der Waals surface area contributed by atoms with Gasteiger partial charge >= 0.3 is 0 Å². The first-order chi connectivity index (χ1) is 16.0. The number of halogens is 1. The molecule has 8 nitrogen and oxygen atoms in total. The smallest absolute Gasteiger partial charge is 0.295 e. The van der Waals surface area contributed by atoms with Crippen LogP contribution < -0.4 is 4.74 Å². The molecule has 2 aromatic rings. The lowest BCUT2D eigenvalue weighted by Crippen LogP contribution is -2.39. The van der Waals surface area contributed by atoms with Gasteiger partial charge in [-0.15, -0.1) is 0 Å². The number of aromatic nitrogens is 1. The highest BCUT2D eigenvalue weighted by molar-refractivity contribution is 6.46. The maximum Gasteiger partial charge on any atom is 0.295 e. The summed E-state index contributed by atoms with van der Waals surface area (Å²) < 4.78 is 10.5. The second-order valence-electron chi connectivity index (χ2n) is 7.94. The first-order valence-corrected chi connectivity index (χ1v) is 11.2. The number of Topliss-reactive ketones (excluding diaryl/α,β-unsaturated/α-hetero) is 1. The van der Waals surface area contributed by atoms with Gasteiger partial charge in [0.15, 0.2) is 0 Å². The third-order valence-electron chi connectivity index (χ3n) is 5.94. The van der Waals surface area contributed by atoms with Crippen LogP contribution in [0.5, 0.6) is 5.75 Å². The Kier molecular flexibility index (Phi) is 7.27. The Hall–Kier alpha value is -2.94. The number of likely N-dealkylation sites (tertiary alicyclic amines) is 1. The molecule has 2 saturated heterocycles. The zero-order chi connectivity index (χ0) is 23.4. The number of methoxy groups -OCH3 is 1. The number of hydrogen-bond acceptors (Lipinski definition) is 7. The van der Waals surface area contributed by atoms with E-state index in [-0.39, 0.29) is 11.3 Å². The van der Waals surface area contributed by atoms with Gasteiger partial charge in [-0.2, -0.15) is 0 Å². The molecule has 174 valence electrons. The van der Waals surface area contributed by atoms with Gasteiger partial charge in [-0.1, -0.05) is 17.7 Å². The summed E-state index contributed by atoms with van der Waals surface area (Å²) in [6, 6.07) is 7.53. The number of hydrogen-bond donors (Lipinski definition) is 1. The average molecular weight is 472 g/mol. The first kappa shape index (κ1) is 23.2. The van der Waals surface area contributed by atoms with Crippen LogP contribution in [0.15, 0.2) is 48.3 Å². The SMILES string of the molecule is COc1ccc(C(O)=C2C(=O)C(=O)N(CCCN3CCOCC3)[C@@H]2c2cccnc2)cc1Cl. The van der Waals surface area contributed by atoms with Gasteiger partial charge in [0.25, 0.3) is 11.7 Å². The molecule has 1 aromatic carbocycles. The average Bonchev–Trinajstić information content (AvgIpc) is 3.10. The van der Waals surface area contributed by atoms with Gasteiger partial charge in [-0.05, 0) is 36.2 Å². The maximum atomic E-state index is 13.1. The quantitative estimate of drug-likeness (QED) is 0.377. The van der Waals surface area contributed by atoms with Gasteiger partial charge in [0.2, 0.25) is 0 Å². The van der Waals surface area contributed by atoms with E-state index >= 15 is 0 Å². The number of benzene rings is 1. The van der Waals surface area contributed by atoms with Crippen molar-refractivity contribution in [3.63, 3.8) is 0 Å². The zero-order valence-corrected chi connectivity index (χ0v) is 19.1. The number of nitrogens with zero attached hydrogens (tertiary/aromatic N) is 3. The van der Waals surface area contributed by atoms with E-state index in [1.54, 1.807) is 36.7 Å². The Bertz CT molecular complexity index is 1050. The van der Waals surface area contributed by atoms with Crippen molar-refractivity contribution in [2.75, 3.05) is 46.5 Å². The van der Waals surface area contributed by atoms with Crippen molar-refractivity contribution in [1.29, 1.82) is 0 Å². The van der Waals surface area contributed by atoms with Crippen molar-refractivity contribution in [1.82, 2.24) is 14.8 Å². The van der Waals surface area contributed by atoms with Gasteiger partial charge in [0.1, 0.15) is 11.5 Å². The van der Waals surface area contributed by atoms with E-state index in [9.17, 15) is 14.7 Å². The third-order valence-corrected chi connectivity index (χ3v) is 6.24. The molecule has 0 saturated carbocycles. The number of amides is 1. The molecule has 0 spiro atoms. The molecular weight excluding hydrogens is 446 g/mol. The maximum absolute atomic E-state index is 13.1. The molecule has 1 atom stereocenters. The third kappa shape index (κ3) is 4.88. The molecule has 1 aromatic heterocycles. The van der Waals surface area contributed by atoms with E-state index in [4.69, 9.17) is 21.1 Å². The Morgan fingerprint density at radius 1 is 1.24 bits per heavy atom. The number of carbonyl (C=O) groups excluding carboxylic acids is 2. The van der Waals surface area contributed by atoms with Crippen LogP contribution in [-0.2, 0) is 14.3 Å². The number of pyridine rings is 1. The summed E-state index contributed by atoms with van der Waals surface area (Å²) in [7, 11) is 1.49. The molecule has 3 heterocycles. The van der Waals surface area contributed by atoms with Crippen LogP contribution >= 0.6 is 11.6 Å². The molecule has 4 rings (SSSR count). The molecule has 0 bridgehead atoms. The van der Waals surface area contributed by atoms with Gasteiger partial charge in [-0.25, -0.2) is 0 Å². The van der Waals surface area contributed by atoms with Crippen LogP contribution in [0.2, 0.25) is 5.02 Å². The monoisotopic (exact) mass is 471 g/mol. The number of aliphatic hydroxyl groups is 1. The fraction of sp³-hybridized carbons (Fsp3) is 0.375. The number of morpholine rings is 1. The molecular formula is C24H26ClN3O5. The van der Waals surface area contributed by atoms with E-state index in [0.29, 0.717) is 48.1 Å². The summed E-state index contributed by atoms with van der Waals surface area (Å²) in [6.07, 6.45) is 3.93. The summed E-state index contributed by atoms with van der Waals surface area (Å²) >= 11 is 6.23. The standard InChI is InChI=1S/C24H26ClN3O5/c1-32-19-6-5-16(14-18(19)25)22(29)20-21(17-4-2-7-26-15-17)28(24(31)23(20)30)9-3-8-27-10-12-33-13-11-27/h2,4-7,14-15,21,29H,3,8-13H2,1H3/t21-/m1/s1. The number of aliphatic hydroxyl groups excluding tert-OH is 1. The summed E-state index contributed by atoms with van der Waals surface area (Å²) in [4.78, 5) is 34.0. The molecule has 0 radical (unpaired) electrons. The predicted molar refractivity (Wildman–Crippen MR) is 123 cm³/mol. The van der Waals surface area contributed by atoms with Crippen LogP contribution in [-0.4, -0.2) is 78.1 Å². The lowest BCUT2D eigenvalue weighted by Gasteiger charge is -2.29. The molecule has 2 aliphatic rings. The van der Waals surface area contributed by atoms with Crippen LogP contribution in [0, 0.1) is 0 Å². The van der Waals surface area contributed by atoms with Crippen molar-refractivity contribution < 1.29 is 24.2 Å². The van der Waals surface area contributed by atoms with Crippen LogP contribution in [0.1, 0.15) is 23.6 Å². The van der Waals surface area contributed by atoms with E-state index < -0.39 is 17.7 Å². The van der Waals surface area contributed by atoms with Crippen LogP contribution in [0.3, 0.4) is 0 Å². The topological polar surface area (TPSA) is 92.2 Å². The number of rotatable bonds is 7. The fourth-order valence-electron chi connectivity index (χ4n) is 4.25. The van der Waals surface area contributed by atoms with E-state index in [1.165, 1.54) is 18.1 Å². The van der Waals surface area contributed by atoms with Crippen molar-refractivity contribution in [3.05, 3.63) is 64.4 Å². The van der Waals surface area contributed by atoms with Crippen molar-refractivity contribution in [2.45, 2.75) is 12.5 Å². The molecule has 33 heavy (non-hydrogen) atoms. The van der Waals surface area contributed by atoms with Crippen LogP contribution in [0.25, 0.3) is 5.76 Å². The molecule has 2 fully saturated rings. The second kappa shape index (κ2) is 10.3. The highest BCUT2D eigenvalue weighted by atomic mass is 35.5. The first-order valence-electron chi connectivity index (χ1n) is 10.8. The fourth-order valence-corrected chi connectivity index (χ4v) is 4.51.